The van der Waals surface area contributed by atoms with Crippen LogP contribution < -0.4 is 0 Å². The molecule has 2 saturated heterocycles. The average Bonchev–Trinajstić information content (AvgIpc) is 3.02. The van der Waals surface area contributed by atoms with Crippen LogP contribution in [0.3, 0.4) is 0 Å². The van der Waals surface area contributed by atoms with E-state index in [2.05, 4.69) is 0 Å². The molecule has 1 aromatic rings. The van der Waals surface area contributed by atoms with E-state index in [1.807, 2.05) is 30.3 Å². The Morgan fingerprint density at radius 2 is 1.85 bits per heavy atom. The quantitative estimate of drug-likeness (QED) is 0.918. The van der Waals surface area contributed by atoms with Crippen LogP contribution in [-0.2, 0) is 14.3 Å². The van der Waals surface area contributed by atoms with Crippen molar-refractivity contribution in [3.63, 3.8) is 0 Å². The highest BCUT2D eigenvalue weighted by Crippen LogP contribution is 2.36. The van der Waals surface area contributed by atoms with Crippen molar-refractivity contribution in [2.24, 2.45) is 11.8 Å². The summed E-state index contributed by atoms with van der Waals surface area (Å²) in [5.74, 6) is 0.778. The lowest BCUT2D eigenvalue weighted by Crippen LogP contribution is -2.42. The number of thioether (sulfide) groups is 1. The van der Waals surface area contributed by atoms with Gasteiger partial charge in [0.25, 0.3) is 0 Å². The summed E-state index contributed by atoms with van der Waals surface area (Å²) in [6.45, 7) is 1.09. The van der Waals surface area contributed by atoms with E-state index in [0.717, 1.165) is 5.56 Å². The van der Waals surface area contributed by atoms with Gasteiger partial charge in [-0.2, -0.15) is 11.8 Å². The molecule has 0 amide bonds. The van der Waals surface area contributed by atoms with E-state index in [9.17, 15) is 9.90 Å². The van der Waals surface area contributed by atoms with Gasteiger partial charge >= 0.3 is 0 Å². The molecule has 5 heteroatoms. The number of Topliss-reactive ketones (excluding diaryl/α,β-unsaturated/α-hetero) is 1. The maximum atomic E-state index is 12.6. The zero-order chi connectivity index (χ0) is 13.9. The molecule has 0 bridgehead atoms. The maximum Gasteiger partial charge on any atom is 0.168 e. The molecule has 2 heterocycles. The Bertz CT molecular complexity index is 458. The van der Waals surface area contributed by atoms with Gasteiger partial charge in [0.2, 0.25) is 0 Å². The molecule has 20 heavy (non-hydrogen) atoms. The van der Waals surface area contributed by atoms with Gasteiger partial charge in [-0.1, -0.05) is 30.3 Å². The van der Waals surface area contributed by atoms with Gasteiger partial charge in [-0.25, -0.2) is 0 Å². The Morgan fingerprint density at radius 1 is 1.15 bits per heavy atom. The Labute approximate surface area is 122 Å². The van der Waals surface area contributed by atoms with E-state index in [1.54, 1.807) is 11.8 Å². The molecule has 4 nitrogen and oxygen atoms in total. The van der Waals surface area contributed by atoms with Crippen LogP contribution in [0.1, 0.15) is 11.7 Å². The normalized spacial score (nSPS) is 29.6. The maximum absolute atomic E-state index is 12.6. The highest BCUT2D eigenvalue weighted by atomic mass is 32.2. The van der Waals surface area contributed by atoms with E-state index < -0.39 is 12.4 Å². The molecule has 2 aliphatic rings. The van der Waals surface area contributed by atoms with Crippen molar-refractivity contribution in [1.29, 1.82) is 0 Å². The molecule has 0 radical (unpaired) electrons. The topological polar surface area (TPSA) is 55.8 Å². The lowest BCUT2D eigenvalue weighted by molar-refractivity contribution is -0.144. The second-order valence-electron chi connectivity index (χ2n) is 5.12. The molecular weight excluding hydrogens is 276 g/mol. The van der Waals surface area contributed by atoms with Crippen molar-refractivity contribution in [3.8, 4) is 0 Å². The number of benzene rings is 1. The Morgan fingerprint density at radius 3 is 2.55 bits per heavy atom. The van der Waals surface area contributed by atoms with Crippen molar-refractivity contribution in [2.45, 2.75) is 12.4 Å². The van der Waals surface area contributed by atoms with Crippen LogP contribution in [0, 0.1) is 11.8 Å². The Kier molecular flexibility index (Phi) is 4.41. The number of aliphatic hydroxyl groups is 1. The van der Waals surface area contributed by atoms with Gasteiger partial charge in [-0.05, 0) is 5.56 Å². The number of carbonyl (C=O) groups is 1. The highest BCUT2D eigenvalue weighted by Gasteiger charge is 2.42. The first-order chi connectivity index (χ1) is 9.77. The molecule has 2 aliphatic heterocycles. The van der Waals surface area contributed by atoms with Crippen LogP contribution in [0.5, 0.6) is 0 Å². The summed E-state index contributed by atoms with van der Waals surface area (Å²) < 4.78 is 10.9. The van der Waals surface area contributed by atoms with E-state index >= 15 is 0 Å². The first-order valence-electron chi connectivity index (χ1n) is 6.85. The van der Waals surface area contributed by atoms with Crippen molar-refractivity contribution < 1.29 is 19.4 Å². The number of ketones is 1. The number of rotatable bonds is 3. The van der Waals surface area contributed by atoms with Gasteiger partial charge in [0.1, 0.15) is 5.78 Å². The van der Waals surface area contributed by atoms with Crippen LogP contribution in [0.15, 0.2) is 30.3 Å². The summed E-state index contributed by atoms with van der Waals surface area (Å²) in [5.41, 5.74) is 0.792. The fraction of sp³-hybridized carbons (Fsp3) is 0.533. The van der Waals surface area contributed by atoms with Crippen molar-refractivity contribution in [1.82, 2.24) is 0 Å². The zero-order valence-electron chi connectivity index (χ0n) is 11.1. The molecule has 0 aromatic heterocycles. The first-order valence-corrected chi connectivity index (χ1v) is 8.00. The second-order valence-corrected chi connectivity index (χ2v) is 6.19. The summed E-state index contributed by atoms with van der Waals surface area (Å²) in [6, 6.07) is 9.36. The summed E-state index contributed by atoms with van der Waals surface area (Å²) in [4.78, 5) is 12.6. The fourth-order valence-corrected chi connectivity index (χ4v) is 4.02. The van der Waals surface area contributed by atoms with Crippen LogP contribution in [0.4, 0.5) is 0 Å². The molecule has 0 unspecified atom stereocenters. The minimum Gasteiger partial charge on any atom is -0.388 e. The molecule has 3 rings (SSSR count). The van der Waals surface area contributed by atoms with Crippen LogP contribution in [0.2, 0.25) is 0 Å². The van der Waals surface area contributed by atoms with Crippen LogP contribution in [0.25, 0.3) is 0 Å². The molecule has 1 aromatic carbocycles. The van der Waals surface area contributed by atoms with Crippen molar-refractivity contribution in [2.75, 3.05) is 24.7 Å². The summed E-state index contributed by atoms with van der Waals surface area (Å²) in [7, 11) is 0. The SMILES string of the molecule is O=C1[C@H](C2OCCO2)CSC[C@H]1[C@@H](O)c1ccccc1. The first kappa shape index (κ1) is 14.1. The number of carbonyl (C=O) groups excluding carboxylic acids is 1. The molecule has 0 aliphatic carbocycles. The third-order valence-corrected chi connectivity index (χ3v) is 5.01. The van der Waals surface area contributed by atoms with Gasteiger partial charge in [0.05, 0.1) is 31.2 Å². The van der Waals surface area contributed by atoms with E-state index in [-0.39, 0.29) is 17.6 Å². The number of ether oxygens (including phenoxy) is 2. The number of hydrogen-bond donors (Lipinski definition) is 1. The van der Waals surface area contributed by atoms with Gasteiger partial charge in [-0.15, -0.1) is 0 Å². The molecule has 0 spiro atoms. The molecule has 3 atom stereocenters. The molecule has 2 fully saturated rings. The van der Waals surface area contributed by atoms with Crippen molar-refractivity contribution >= 4 is 17.5 Å². The highest BCUT2D eigenvalue weighted by molar-refractivity contribution is 7.99. The average molecular weight is 294 g/mol. The lowest BCUT2D eigenvalue weighted by atomic mass is 9.87. The monoisotopic (exact) mass is 294 g/mol. The molecule has 0 saturated carbocycles. The Hall–Kier alpha value is -0.880. The fourth-order valence-electron chi connectivity index (χ4n) is 2.71. The predicted molar refractivity (Wildman–Crippen MR) is 76.4 cm³/mol. The minimum atomic E-state index is -0.750. The third kappa shape index (κ3) is 2.76. The second kappa shape index (κ2) is 6.26. The third-order valence-electron chi connectivity index (χ3n) is 3.82. The number of aliphatic hydroxyl groups excluding tert-OH is 1. The van der Waals surface area contributed by atoms with Gasteiger partial charge in [0.15, 0.2) is 6.29 Å². The van der Waals surface area contributed by atoms with Gasteiger partial charge in [0, 0.05) is 11.5 Å². The number of hydrogen-bond acceptors (Lipinski definition) is 5. The van der Waals surface area contributed by atoms with Crippen LogP contribution in [-0.4, -0.2) is 41.9 Å². The van der Waals surface area contributed by atoms with Crippen LogP contribution >= 0.6 is 11.8 Å². The van der Waals surface area contributed by atoms with E-state index in [4.69, 9.17) is 9.47 Å². The largest absolute Gasteiger partial charge is 0.388 e. The predicted octanol–water partition coefficient (Wildman–Crippen LogP) is 1.64. The lowest BCUT2D eigenvalue weighted by Gasteiger charge is -2.32. The summed E-state index contributed by atoms with van der Waals surface area (Å²) >= 11 is 1.68. The van der Waals surface area contributed by atoms with Crippen molar-refractivity contribution in [3.05, 3.63) is 35.9 Å². The Balaban J connectivity index is 1.74. The zero-order valence-corrected chi connectivity index (χ0v) is 11.9. The standard InChI is InChI=1S/C15H18O4S/c16-13(10-4-2-1-3-5-10)11-8-20-9-12(14(11)17)15-18-6-7-19-15/h1-5,11-13,15-16H,6-9H2/t11-,12+,13-/m0/s1. The minimum absolute atomic E-state index is 0.0620. The summed E-state index contributed by atoms with van der Waals surface area (Å²) in [5, 5.41) is 10.5. The van der Waals surface area contributed by atoms with Gasteiger partial charge < -0.3 is 14.6 Å². The molecular formula is C15H18O4S. The smallest absolute Gasteiger partial charge is 0.168 e. The van der Waals surface area contributed by atoms with E-state index in [0.29, 0.717) is 24.7 Å². The summed E-state index contributed by atoms with van der Waals surface area (Å²) in [6.07, 6.45) is -1.18. The molecule has 108 valence electrons. The molecule has 1 N–H and O–H groups in total. The van der Waals surface area contributed by atoms with E-state index in [1.165, 1.54) is 0 Å². The van der Waals surface area contributed by atoms with Gasteiger partial charge in [-0.3, -0.25) is 4.79 Å².